The van der Waals surface area contributed by atoms with Crippen molar-refractivity contribution in [3.8, 4) is 11.5 Å². The molecule has 0 bridgehead atoms. The highest BCUT2D eigenvalue weighted by atomic mass is 19.1. The number of hydrogen-bond acceptors (Lipinski definition) is 5. The lowest BCUT2D eigenvalue weighted by molar-refractivity contribution is -0.129. The van der Waals surface area contributed by atoms with Crippen LogP contribution in [0, 0.1) is 19.7 Å². The zero-order valence-corrected chi connectivity index (χ0v) is 21.1. The summed E-state index contributed by atoms with van der Waals surface area (Å²) >= 11 is 0. The molecule has 0 saturated carbocycles. The molecule has 4 aromatic carbocycles. The van der Waals surface area contributed by atoms with Crippen LogP contribution in [0.2, 0.25) is 0 Å². The van der Waals surface area contributed by atoms with E-state index in [1.54, 1.807) is 12.1 Å². The maximum Gasteiger partial charge on any atom is 0.363 e. The van der Waals surface area contributed by atoms with Gasteiger partial charge in [0.1, 0.15) is 30.5 Å². The van der Waals surface area contributed by atoms with Crippen molar-refractivity contribution in [2.24, 2.45) is 4.99 Å². The van der Waals surface area contributed by atoms with E-state index >= 15 is 0 Å². The van der Waals surface area contributed by atoms with E-state index in [0.717, 1.165) is 11.1 Å². The van der Waals surface area contributed by atoms with Gasteiger partial charge in [0, 0.05) is 17.2 Å². The molecule has 0 N–H and O–H groups in total. The molecule has 0 radical (unpaired) electrons. The van der Waals surface area contributed by atoms with Gasteiger partial charge in [0.2, 0.25) is 5.90 Å². The third-order valence-corrected chi connectivity index (χ3v) is 6.03. The number of benzene rings is 4. The summed E-state index contributed by atoms with van der Waals surface area (Å²) in [6.07, 6.45) is 1.62. The van der Waals surface area contributed by atoms with Crippen molar-refractivity contribution in [2.45, 2.75) is 27.1 Å². The van der Waals surface area contributed by atoms with Crippen LogP contribution in [0.5, 0.6) is 11.5 Å². The van der Waals surface area contributed by atoms with Gasteiger partial charge in [-0.25, -0.2) is 14.2 Å². The molecular formula is C32H26FNO4. The number of nitrogens with zero attached hydrogens (tertiary/aromatic N) is 1. The number of hydrogen-bond donors (Lipinski definition) is 0. The van der Waals surface area contributed by atoms with E-state index in [9.17, 15) is 9.18 Å². The summed E-state index contributed by atoms with van der Waals surface area (Å²) in [6.45, 7) is 4.83. The fourth-order valence-corrected chi connectivity index (χ4v) is 3.82. The molecule has 6 heteroatoms. The Kier molecular flexibility index (Phi) is 7.31. The quantitative estimate of drug-likeness (QED) is 0.191. The molecular weight excluding hydrogens is 481 g/mol. The molecule has 0 aliphatic carbocycles. The minimum Gasteiger partial charge on any atom is -0.489 e. The number of carbonyl (C=O) groups is 1. The Morgan fingerprint density at radius 1 is 0.789 bits per heavy atom. The topological polar surface area (TPSA) is 57.1 Å². The van der Waals surface area contributed by atoms with E-state index in [0.29, 0.717) is 35.8 Å². The van der Waals surface area contributed by atoms with Crippen molar-refractivity contribution in [2.75, 3.05) is 0 Å². The number of halogens is 1. The van der Waals surface area contributed by atoms with Gasteiger partial charge in [-0.3, -0.25) is 0 Å². The van der Waals surface area contributed by atoms with Gasteiger partial charge in [-0.15, -0.1) is 0 Å². The summed E-state index contributed by atoms with van der Waals surface area (Å²) in [5, 5.41) is 0. The molecule has 38 heavy (non-hydrogen) atoms. The second-order valence-corrected chi connectivity index (χ2v) is 9.09. The van der Waals surface area contributed by atoms with Crippen LogP contribution in [0.1, 0.15) is 33.4 Å². The second kappa shape index (κ2) is 11.1. The van der Waals surface area contributed by atoms with Crippen LogP contribution < -0.4 is 9.47 Å². The molecule has 5 rings (SSSR count). The predicted molar refractivity (Wildman–Crippen MR) is 144 cm³/mol. The van der Waals surface area contributed by atoms with Gasteiger partial charge in [0.15, 0.2) is 5.70 Å². The van der Waals surface area contributed by atoms with Crippen molar-refractivity contribution in [1.29, 1.82) is 0 Å². The lowest BCUT2D eigenvalue weighted by atomic mass is 10.1. The Bertz CT molecular complexity index is 1510. The van der Waals surface area contributed by atoms with Gasteiger partial charge in [0.25, 0.3) is 0 Å². The van der Waals surface area contributed by atoms with Crippen molar-refractivity contribution in [3.63, 3.8) is 0 Å². The fraction of sp³-hybridized carbons (Fsp3) is 0.125. The molecule has 0 atom stereocenters. The average Bonchev–Trinajstić information content (AvgIpc) is 3.29. The number of aryl methyl sites for hydroxylation is 2. The van der Waals surface area contributed by atoms with E-state index in [1.165, 1.54) is 35.4 Å². The van der Waals surface area contributed by atoms with Crippen LogP contribution in [-0.4, -0.2) is 11.9 Å². The monoisotopic (exact) mass is 507 g/mol. The zero-order chi connectivity index (χ0) is 26.5. The molecule has 0 saturated heterocycles. The summed E-state index contributed by atoms with van der Waals surface area (Å²) in [5.74, 6) is 0.332. The molecule has 0 fully saturated rings. The van der Waals surface area contributed by atoms with E-state index in [1.807, 2.05) is 74.5 Å². The Morgan fingerprint density at radius 3 is 2.03 bits per heavy atom. The number of cyclic esters (lactones) is 1. The molecule has 1 aliphatic rings. The third-order valence-electron chi connectivity index (χ3n) is 6.03. The standard InChI is InChI=1S/C32H26FNO4/c1-21-3-7-23(8-4-21)19-36-28-16-13-26(30(18-28)37-20-24-9-5-22(2)6-10-24)17-29-32(35)38-31(34-29)25-11-14-27(33)15-12-25/h3-18H,19-20H2,1-2H3/b29-17-. The number of aliphatic imine (C=N–C) groups is 1. The highest BCUT2D eigenvalue weighted by molar-refractivity contribution is 6.12. The first-order valence-electron chi connectivity index (χ1n) is 12.2. The van der Waals surface area contributed by atoms with E-state index in [4.69, 9.17) is 14.2 Å². The largest absolute Gasteiger partial charge is 0.489 e. The molecule has 0 amide bonds. The maximum absolute atomic E-state index is 13.3. The number of ether oxygens (including phenoxy) is 3. The van der Waals surface area contributed by atoms with E-state index < -0.39 is 5.97 Å². The maximum atomic E-state index is 13.3. The van der Waals surface area contributed by atoms with Crippen molar-refractivity contribution in [1.82, 2.24) is 0 Å². The van der Waals surface area contributed by atoms with Crippen LogP contribution in [0.15, 0.2) is 102 Å². The first-order valence-corrected chi connectivity index (χ1v) is 12.2. The first kappa shape index (κ1) is 25.0. The molecule has 0 spiro atoms. The van der Waals surface area contributed by atoms with Gasteiger partial charge in [-0.2, -0.15) is 0 Å². The minimum atomic E-state index is -0.589. The minimum absolute atomic E-state index is 0.123. The van der Waals surface area contributed by atoms with E-state index in [-0.39, 0.29) is 17.4 Å². The Balaban J connectivity index is 1.41. The molecule has 1 aliphatic heterocycles. The molecule has 1 heterocycles. The van der Waals surface area contributed by atoms with E-state index in [2.05, 4.69) is 4.99 Å². The molecule has 0 aromatic heterocycles. The van der Waals surface area contributed by atoms with Crippen LogP contribution in [0.3, 0.4) is 0 Å². The van der Waals surface area contributed by atoms with Gasteiger partial charge < -0.3 is 14.2 Å². The van der Waals surface area contributed by atoms with Crippen LogP contribution in [0.25, 0.3) is 6.08 Å². The van der Waals surface area contributed by atoms with Crippen molar-refractivity contribution < 1.29 is 23.4 Å². The van der Waals surface area contributed by atoms with Crippen LogP contribution >= 0.6 is 0 Å². The highest BCUT2D eigenvalue weighted by Gasteiger charge is 2.24. The Morgan fingerprint density at radius 2 is 1.39 bits per heavy atom. The third kappa shape index (κ3) is 6.16. The predicted octanol–water partition coefficient (Wildman–Crippen LogP) is 6.95. The molecule has 190 valence electrons. The Hall–Kier alpha value is -4.71. The SMILES string of the molecule is Cc1ccc(COc2ccc(/C=C3\N=C(c4ccc(F)cc4)OC3=O)c(OCc3ccc(C)cc3)c2)cc1. The van der Waals surface area contributed by atoms with Gasteiger partial charge in [0.05, 0.1) is 0 Å². The number of rotatable bonds is 8. The summed E-state index contributed by atoms with van der Waals surface area (Å²) in [5.41, 5.74) is 5.71. The average molecular weight is 508 g/mol. The lowest BCUT2D eigenvalue weighted by Gasteiger charge is -2.13. The first-order chi connectivity index (χ1) is 18.4. The smallest absolute Gasteiger partial charge is 0.363 e. The molecule has 5 nitrogen and oxygen atoms in total. The Labute approximate surface area is 220 Å². The van der Waals surface area contributed by atoms with Gasteiger partial charge >= 0.3 is 5.97 Å². The molecule has 0 unspecified atom stereocenters. The normalized spacial score (nSPS) is 13.8. The summed E-state index contributed by atoms with van der Waals surface area (Å²) in [4.78, 5) is 16.9. The molecule has 4 aromatic rings. The van der Waals surface area contributed by atoms with Gasteiger partial charge in [-0.05, 0) is 67.4 Å². The number of carbonyl (C=O) groups excluding carboxylic acids is 1. The van der Waals surface area contributed by atoms with Gasteiger partial charge in [-0.1, -0.05) is 59.7 Å². The lowest BCUT2D eigenvalue weighted by Crippen LogP contribution is -2.05. The van der Waals surface area contributed by atoms with Crippen molar-refractivity contribution in [3.05, 3.63) is 136 Å². The van der Waals surface area contributed by atoms with Crippen molar-refractivity contribution >= 4 is 17.9 Å². The zero-order valence-electron chi connectivity index (χ0n) is 21.1. The summed E-state index contributed by atoms with van der Waals surface area (Å²) in [6, 6.07) is 27.3. The highest BCUT2D eigenvalue weighted by Crippen LogP contribution is 2.30. The summed E-state index contributed by atoms with van der Waals surface area (Å²) in [7, 11) is 0. The fourth-order valence-electron chi connectivity index (χ4n) is 3.82. The van der Waals surface area contributed by atoms with Crippen LogP contribution in [-0.2, 0) is 22.7 Å². The number of esters is 1. The summed E-state index contributed by atoms with van der Waals surface area (Å²) < 4.78 is 30.8. The van der Waals surface area contributed by atoms with Crippen LogP contribution in [0.4, 0.5) is 4.39 Å². The second-order valence-electron chi connectivity index (χ2n) is 9.09.